The predicted octanol–water partition coefficient (Wildman–Crippen LogP) is 5.09. The highest BCUT2D eigenvalue weighted by molar-refractivity contribution is 6.08. The number of aromatic nitrogens is 1. The molecular formula is C22H16F4N2O4. The van der Waals surface area contributed by atoms with Gasteiger partial charge in [-0.1, -0.05) is 0 Å². The highest BCUT2D eigenvalue weighted by Gasteiger charge is 2.36. The van der Waals surface area contributed by atoms with E-state index < -0.39 is 46.1 Å². The molecule has 3 rings (SSSR count). The summed E-state index contributed by atoms with van der Waals surface area (Å²) in [5.41, 5.74) is -2.56. The molecule has 0 bridgehead atoms. The average Bonchev–Trinajstić information content (AvgIpc) is 2.68. The number of alkyl halides is 3. The van der Waals surface area contributed by atoms with Crippen LogP contribution >= 0.6 is 0 Å². The number of pyridine rings is 1. The fraction of sp³-hybridized carbons (Fsp3) is 0.136. The van der Waals surface area contributed by atoms with Crippen LogP contribution in [0.3, 0.4) is 0 Å². The highest BCUT2D eigenvalue weighted by atomic mass is 19.4. The molecule has 0 aliphatic rings. The van der Waals surface area contributed by atoms with Crippen LogP contribution in [0.25, 0.3) is 0 Å². The van der Waals surface area contributed by atoms with Gasteiger partial charge in [-0.25, -0.2) is 4.39 Å². The van der Waals surface area contributed by atoms with Gasteiger partial charge in [0.05, 0.1) is 11.1 Å². The minimum Gasteiger partial charge on any atom is -0.456 e. The van der Waals surface area contributed by atoms with Crippen LogP contribution in [0.5, 0.6) is 11.5 Å². The highest BCUT2D eigenvalue weighted by Crippen LogP contribution is 2.38. The van der Waals surface area contributed by atoms with E-state index in [-0.39, 0.29) is 22.6 Å². The van der Waals surface area contributed by atoms with Crippen molar-refractivity contribution in [3.05, 3.63) is 87.1 Å². The number of aryl methyl sites for hydroxylation is 1. The van der Waals surface area contributed by atoms with Crippen molar-refractivity contribution in [1.29, 1.82) is 0 Å². The third-order valence-electron chi connectivity index (χ3n) is 4.44. The Balaban J connectivity index is 2.15. The number of benzene rings is 2. The molecule has 0 radical (unpaired) electrons. The van der Waals surface area contributed by atoms with Gasteiger partial charge in [-0.15, -0.1) is 0 Å². The predicted molar refractivity (Wildman–Crippen MR) is 108 cm³/mol. The molecule has 10 heteroatoms. The fourth-order valence-electron chi connectivity index (χ4n) is 2.93. The van der Waals surface area contributed by atoms with Gasteiger partial charge in [-0.05, 0) is 55.8 Å². The number of ether oxygens (including phenoxy) is 1. The molecule has 6 nitrogen and oxygen atoms in total. The third-order valence-corrected chi connectivity index (χ3v) is 4.44. The number of H-pyrrole nitrogens is 1. The van der Waals surface area contributed by atoms with Crippen molar-refractivity contribution in [3.63, 3.8) is 0 Å². The molecule has 166 valence electrons. The number of carbonyl (C=O) groups excluding carboxylic acids is 2. The number of aromatic amines is 1. The Morgan fingerprint density at radius 1 is 1.00 bits per heavy atom. The Hall–Kier alpha value is -3.95. The van der Waals surface area contributed by atoms with Gasteiger partial charge in [0.25, 0.3) is 5.91 Å². The molecule has 0 saturated carbocycles. The lowest BCUT2D eigenvalue weighted by Gasteiger charge is -2.18. The van der Waals surface area contributed by atoms with Crippen molar-refractivity contribution in [2.45, 2.75) is 20.0 Å². The Labute approximate surface area is 178 Å². The normalized spacial score (nSPS) is 11.2. The number of hydrogen-bond donors (Lipinski definition) is 2. The summed E-state index contributed by atoms with van der Waals surface area (Å²) < 4.78 is 59.7. The van der Waals surface area contributed by atoms with Crippen molar-refractivity contribution < 1.29 is 31.9 Å². The standard InChI is InChI=1S/C22H16F4N2O4/c1-11-7-13(23)3-4-18(11)32-19-10-17(22(24,25)26)15(12(2)29)9-16(19)21(31)28-14-5-6-27-20(30)8-14/h3-10H,1-2H3,(H2,27,28,30,31). The van der Waals surface area contributed by atoms with Crippen LogP contribution in [-0.2, 0) is 6.18 Å². The summed E-state index contributed by atoms with van der Waals surface area (Å²) in [4.78, 5) is 38.6. The number of rotatable bonds is 5. The number of halogens is 4. The molecule has 1 aromatic heterocycles. The molecular weight excluding hydrogens is 432 g/mol. The Kier molecular flexibility index (Phi) is 6.15. The van der Waals surface area contributed by atoms with Crippen LogP contribution < -0.4 is 15.6 Å². The van der Waals surface area contributed by atoms with Crippen molar-refractivity contribution >= 4 is 17.4 Å². The molecule has 2 N–H and O–H groups in total. The molecule has 0 fully saturated rings. The summed E-state index contributed by atoms with van der Waals surface area (Å²) in [7, 11) is 0. The number of anilines is 1. The van der Waals surface area contributed by atoms with E-state index in [0.29, 0.717) is 6.07 Å². The number of hydrogen-bond acceptors (Lipinski definition) is 4. The van der Waals surface area contributed by atoms with Crippen LogP contribution in [0, 0.1) is 12.7 Å². The average molecular weight is 448 g/mol. The summed E-state index contributed by atoms with van der Waals surface area (Å²) in [6.45, 7) is 2.41. The molecule has 1 heterocycles. The Morgan fingerprint density at radius 2 is 1.72 bits per heavy atom. The quantitative estimate of drug-likeness (QED) is 0.421. The molecule has 3 aromatic rings. The van der Waals surface area contributed by atoms with Crippen molar-refractivity contribution in [1.82, 2.24) is 4.98 Å². The molecule has 0 unspecified atom stereocenters. The SMILES string of the molecule is CC(=O)c1cc(C(=O)Nc2cc[nH]c(=O)c2)c(Oc2ccc(F)cc2C)cc1C(F)(F)F. The van der Waals surface area contributed by atoms with E-state index in [9.17, 15) is 31.9 Å². The van der Waals surface area contributed by atoms with E-state index in [1.807, 2.05) is 0 Å². The van der Waals surface area contributed by atoms with E-state index >= 15 is 0 Å². The largest absolute Gasteiger partial charge is 0.456 e. The van der Waals surface area contributed by atoms with Crippen LogP contribution in [0.15, 0.2) is 53.5 Å². The maximum absolute atomic E-state index is 13.6. The zero-order valence-electron chi connectivity index (χ0n) is 16.8. The van der Waals surface area contributed by atoms with E-state index in [0.717, 1.165) is 31.2 Å². The van der Waals surface area contributed by atoms with Crippen molar-refractivity contribution in [3.8, 4) is 11.5 Å². The maximum atomic E-state index is 13.6. The fourth-order valence-corrected chi connectivity index (χ4v) is 2.93. The van der Waals surface area contributed by atoms with Gasteiger partial charge in [0.15, 0.2) is 5.78 Å². The third kappa shape index (κ3) is 5.02. The molecule has 1 amide bonds. The first-order valence-corrected chi connectivity index (χ1v) is 9.16. The van der Waals surface area contributed by atoms with Crippen molar-refractivity contribution in [2.75, 3.05) is 5.32 Å². The van der Waals surface area contributed by atoms with Gasteiger partial charge in [0, 0.05) is 23.5 Å². The van der Waals surface area contributed by atoms with E-state index in [4.69, 9.17) is 4.74 Å². The number of amides is 1. The molecule has 0 aliphatic carbocycles. The second-order valence-corrected chi connectivity index (χ2v) is 6.86. The Morgan fingerprint density at radius 3 is 2.31 bits per heavy atom. The van der Waals surface area contributed by atoms with Gasteiger partial charge >= 0.3 is 6.18 Å². The second-order valence-electron chi connectivity index (χ2n) is 6.86. The van der Waals surface area contributed by atoms with Crippen LogP contribution in [-0.4, -0.2) is 16.7 Å². The molecule has 2 aromatic carbocycles. The van der Waals surface area contributed by atoms with Crippen LogP contribution in [0.4, 0.5) is 23.2 Å². The van der Waals surface area contributed by atoms with Gasteiger partial charge in [-0.2, -0.15) is 13.2 Å². The smallest absolute Gasteiger partial charge is 0.417 e. The minimum absolute atomic E-state index is 0.0142. The zero-order chi connectivity index (χ0) is 23.6. The summed E-state index contributed by atoms with van der Waals surface area (Å²) in [5, 5.41) is 2.38. The monoisotopic (exact) mass is 448 g/mol. The summed E-state index contributed by atoms with van der Waals surface area (Å²) >= 11 is 0. The van der Waals surface area contributed by atoms with Gasteiger partial charge in [-0.3, -0.25) is 14.4 Å². The number of ketones is 1. The maximum Gasteiger partial charge on any atom is 0.417 e. The van der Waals surface area contributed by atoms with E-state index in [2.05, 4.69) is 10.3 Å². The molecule has 0 aliphatic heterocycles. The van der Waals surface area contributed by atoms with Gasteiger partial charge in [0.1, 0.15) is 17.3 Å². The molecule has 0 saturated heterocycles. The summed E-state index contributed by atoms with van der Waals surface area (Å²) in [6.07, 6.45) is -3.64. The first-order chi connectivity index (χ1) is 15.0. The van der Waals surface area contributed by atoms with E-state index in [1.54, 1.807) is 0 Å². The van der Waals surface area contributed by atoms with Gasteiger partial charge in [0.2, 0.25) is 5.56 Å². The Bertz CT molecular complexity index is 1270. The lowest BCUT2D eigenvalue weighted by molar-refractivity contribution is -0.138. The molecule has 32 heavy (non-hydrogen) atoms. The lowest BCUT2D eigenvalue weighted by atomic mass is 9.99. The summed E-state index contributed by atoms with van der Waals surface area (Å²) in [5.74, 6) is -2.89. The first kappa shape index (κ1) is 22.7. The first-order valence-electron chi connectivity index (χ1n) is 9.16. The minimum atomic E-state index is -4.90. The van der Waals surface area contributed by atoms with Gasteiger partial charge < -0.3 is 15.0 Å². The van der Waals surface area contributed by atoms with Crippen LogP contribution in [0.2, 0.25) is 0 Å². The second kappa shape index (κ2) is 8.66. The number of carbonyl (C=O) groups is 2. The topological polar surface area (TPSA) is 88.3 Å². The zero-order valence-corrected chi connectivity index (χ0v) is 16.8. The lowest BCUT2D eigenvalue weighted by Crippen LogP contribution is -2.18. The van der Waals surface area contributed by atoms with E-state index in [1.165, 1.54) is 25.3 Å². The van der Waals surface area contributed by atoms with Crippen LogP contribution in [0.1, 0.15) is 38.8 Å². The summed E-state index contributed by atoms with van der Waals surface area (Å²) in [6, 6.07) is 7.12. The number of nitrogens with one attached hydrogen (secondary N) is 2. The van der Waals surface area contributed by atoms with Crippen molar-refractivity contribution in [2.24, 2.45) is 0 Å². The molecule has 0 atom stereocenters. The number of Topliss-reactive ketones (excluding diaryl/α,β-unsaturated/α-hetero) is 1. The molecule has 0 spiro atoms.